The van der Waals surface area contributed by atoms with Crippen molar-refractivity contribution in [3.63, 3.8) is 0 Å². The van der Waals surface area contributed by atoms with Crippen LogP contribution in [0.15, 0.2) is 47.6 Å². The van der Waals surface area contributed by atoms with Gasteiger partial charge in [-0.3, -0.25) is 9.59 Å². The molecule has 0 radical (unpaired) electrons. The molecular weight excluding hydrogens is 362 g/mol. The van der Waals surface area contributed by atoms with Crippen LogP contribution in [0.4, 0.5) is 5.69 Å². The summed E-state index contributed by atoms with van der Waals surface area (Å²) in [5.74, 6) is -0.0407. The van der Waals surface area contributed by atoms with E-state index in [2.05, 4.69) is 15.8 Å². The zero-order valence-corrected chi connectivity index (χ0v) is 16.0. The van der Waals surface area contributed by atoms with E-state index in [1.165, 1.54) is 7.11 Å². The molecule has 0 atom stereocenters. The maximum atomic E-state index is 12.0. The Hall–Kier alpha value is -3.55. The van der Waals surface area contributed by atoms with Crippen molar-refractivity contribution in [1.82, 2.24) is 5.43 Å². The maximum Gasteiger partial charge on any atom is 0.307 e. The van der Waals surface area contributed by atoms with Crippen molar-refractivity contribution >= 4 is 23.3 Å². The summed E-state index contributed by atoms with van der Waals surface area (Å²) in [6.45, 7) is 1.78. The van der Waals surface area contributed by atoms with Gasteiger partial charge in [0.15, 0.2) is 0 Å². The number of nitrogens with zero attached hydrogens (tertiary/aromatic N) is 1. The largest absolute Gasteiger partial charge is 0.497 e. The molecule has 0 aromatic heterocycles. The third kappa shape index (κ3) is 6.01. The molecule has 0 heterocycles. The number of ether oxygens (including phenoxy) is 2. The average Bonchev–Trinajstić information content (AvgIpc) is 2.70. The molecule has 3 N–H and O–H groups in total. The van der Waals surface area contributed by atoms with Crippen molar-refractivity contribution in [3.05, 3.63) is 53.6 Å². The SMILES string of the molecule is COc1ccc(NCC(=O)N/N=C(/C)c2ccc(OC)c(CC(=O)O)c2)cc1. The molecule has 2 rings (SSSR count). The van der Waals surface area contributed by atoms with E-state index in [9.17, 15) is 9.59 Å². The lowest BCUT2D eigenvalue weighted by Gasteiger charge is -2.10. The van der Waals surface area contributed by atoms with Gasteiger partial charge < -0.3 is 19.9 Å². The molecule has 0 fully saturated rings. The van der Waals surface area contributed by atoms with E-state index in [1.54, 1.807) is 44.4 Å². The summed E-state index contributed by atoms with van der Waals surface area (Å²) >= 11 is 0. The molecule has 148 valence electrons. The lowest BCUT2D eigenvalue weighted by molar-refractivity contribution is -0.136. The number of carbonyl (C=O) groups excluding carboxylic acids is 1. The minimum Gasteiger partial charge on any atom is -0.497 e. The van der Waals surface area contributed by atoms with Gasteiger partial charge in [0, 0.05) is 11.3 Å². The van der Waals surface area contributed by atoms with Gasteiger partial charge >= 0.3 is 5.97 Å². The molecule has 28 heavy (non-hydrogen) atoms. The lowest BCUT2D eigenvalue weighted by Crippen LogP contribution is -2.26. The van der Waals surface area contributed by atoms with E-state index >= 15 is 0 Å². The van der Waals surface area contributed by atoms with Crippen LogP contribution >= 0.6 is 0 Å². The Balaban J connectivity index is 1.96. The monoisotopic (exact) mass is 385 g/mol. The first kappa shape index (κ1) is 20.8. The summed E-state index contributed by atoms with van der Waals surface area (Å²) in [6, 6.07) is 12.3. The Morgan fingerprint density at radius 3 is 2.39 bits per heavy atom. The zero-order chi connectivity index (χ0) is 20.5. The number of anilines is 1. The fourth-order valence-corrected chi connectivity index (χ4v) is 2.45. The number of nitrogens with one attached hydrogen (secondary N) is 2. The fraction of sp³-hybridized carbons (Fsp3) is 0.250. The Bertz CT molecular complexity index is 863. The second-order valence-corrected chi connectivity index (χ2v) is 5.91. The molecule has 0 bridgehead atoms. The van der Waals surface area contributed by atoms with Crippen LogP contribution in [0.25, 0.3) is 0 Å². The summed E-state index contributed by atoms with van der Waals surface area (Å²) in [6.07, 6.45) is -0.164. The number of carboxylic acid groups (broad SMARTS) is 1. The maximum absolute atomic E-state index is 12.0. The Morgan fingerprint density at radius 1 is 1.07 bits per heavy atom. The Labute approximate surface area is 163 Å². The van der Waals surface area contributed by atoms with Crippen LogP contribution in [-0.4, -0.2) is 43.5 Å². The van der Waals surface area contributed by atoms with Crippen molar-refractivity contribution in [2.75, 3.05) is 26.1 Å². The number of aliphatic carboxylic acids is 1. The second kappa shape index (κ2) is 9.96. The fourth-order valence-electron chi connectivity index (χ4n) is 2.45. The molecule has 0 unspecified atom stereocenters. The number of benzene rings is 2. The predicted octanol–water partition coefficient (Wildman–Crippen LogP) is 2.28. The van der Waals surface area contributed by atoms with Gasteiger partial charge in [-0.15, -0.1) is 0 Å². The van der Waals surface area contributed by atoms with Crippen LogP contribution < -0.4 is 20.2 Å². The van der Waals surface area contributed by atoms with Crippen LogP contribution in [0.3, 0.4) is 0 Å². The third-order valence-electron chi connectivity index (χ3n) is 3.93. The molecule has 0 aliphatic carbocycles. The summed E-state index contributed by atoms with van der Waals surface area (Å²) in [5, 5.41) is 16.1. The van der Waals surface area contributed by atoms with Gasteiger partial charge in [0.25, 0.3) is 5.91 Å². The first-order valence-electron chi connectivity index (χ1n) is 8.53. The van der Waals surface area contributed by atoms with Gasteiger partial charge in [0.05, 0.1) is 32.9 Å². The predicted molar refractivity (Wildman–Crippen MR) is 106 cm³/mol. The number of carbonyl (C=O) groups is 2. The molecule has 8 heteroatoms. The average molecular weight is 385 g/mol. The van der Waals surface area contributed by atoms with E-state index in [4.69, 9.17) is 14.6 Å². The van der Waals surface area contributed by atoms with E-state index < -0.39 is 5.97 Å². The van der Waals surface area contributed by atoms with Gasteiger partial charge in [-0.2, -0.15) is 5.10 Å². The summed E-state index contributed by atoms with van der Waals surface area (Å²) in [7, 11) is 3.07. The number of hydrogen-bond acceptors (Lipinski definition) is 6. The van der Waals surface area contributed by atoms with E-state index in [-0.39, 0.29) is 18.9 Å². The molecule has 0 saturated carbocycles. The molecule has 1 amide bonds. The van der Waals surface area contributed by atoms with Crippen LogP contribution in [0.5, 0.6) is 11.5 Å². The Kier molecular flexibility index (Phi) is 7.38. The molecule has 0 saturated heterocycles. The lowest BCUT2D eigenvalue weighted by atomic mass is 10.0. The molecular formula is C20H23N3O5. The van der Waals surface area contributed by atoms with Crippen molar-refractivity contribution in [2.24, 2.45) is 5.10 Å². The van der Waals surface area contributed by atoms with Crippen molar-refractivity contribution < 1.29 is 24.2 Å². The third-order valence-corrected chi connectivity index (χ3v) is 3.93. The zero-order valence-electron chi connectivity index (χ0n) is 16.0. The van der Waals surface area contributed by atoms with Gasteiger partial charge in [-0.25, -0.2) is 5.43 Å². The smallest absolute Gasteiger partial charge is 0.307 e. The number of carboxylic acids is 1. The minimum absolute atomic E-state index is 0.0516. The summed E-state index contributed by atoms with van der Waals surface area (Å²) < 4.78 is 10.3. The number of amides is 1. The first-order valence-corrected chi connectivity index (χ1v) is 8.53. The van der Waals surface area contributed by atoms with Gasteiger partial charge in [0.2, 0.25) is 0 Å². The molecule has 0 aliphatic heterocycles. The Morgan fingerprint density at radius 2 is 1.79 bits per heavy atom. The van der Waals surface area contributed by atoms with Crippen molar-refractivity contribution in [2.45, 2.75) is 13.3 Å². The van der Waals surface area contributed by atoms with Gasteiger partial charge in [0.1, 0.15) is 11.5 Å². The van der Waals surface area contributed by atoms with Crippen LogP contribution in [0, 0.1) is 0 Å². The number of hydrogen-bond donors (Lipinski definition) is 3. The van der Waals surface area contributed by atoms with Crippen LogP contribution in [-0.2, 0) is 16.0 Å². The molecule has 8 nitrogen and oxygen atoms in total. The number of rotatable bonds is 9. The van der Waals surface area contributed by atoms with Crippen LogP contribution in [0.2, 0.25) is 0 Å². The second-order valence-electron chi connectivity index (χ2n) is 5.91. The molecule has 2 aromatic carbocycles. The summed E-state index contributed by atoms with van der Waals surface area (Å²) in [4.78, 5) is 23.0. The quantitative estimate of drug-likeness (QED) is 0.451. The van der Waals surface area contributed by atoms with Gasteiger partial charge in [-0.1, -0.05) is 0 Å². The minimum atomic E-state index is -0.956. The highest BCUT2D eigenvalue weighted by Crippen LogP contribution is 2.21. The van der Waals surface area contributed by atoms with E-state index in [1.807, 2.05) is 12.1 Å². The van der Waals surface area contributed by atoms with Crippen LogP contribution in [0.1, 0.15) is 18.1 Å². The molecule has 0 aliphatic rings. The first-order chi connectivity index (χ1) is 13.4. The normalized spacial score (nSPS) is 10.9. The molecule has 0 spiro atoms. The topological polar surface area (TPSA) is 109 Å². The highest BCUT2D eigenvalue weighted by molar-refractivity contribution is 5.99. The van der Waals surface area contributed by atoms with Gasteiger partial charge in [-0.05, 0) is 55.0 Å². The highest BCUT2D eigenvalue weighted by Gasteiger charge is 2.10. The van der Waals surface area contributed by atoms with Crippen molar-refractivity contribution in [3.8, 4) is 11.5 Å². The summed E-state index contributed by atoms with van der Waals surface area (Å²) in [5.41, 5.74) is 5.04. The standard InChI is InChI=1S/C20H23N3O5/c1-13(14-4-9-18(28-3)15(10-14)11-20(25)26)22-23-19(24)12-21-16-5-7-17(27-2)8-6-16/h4-10,21H,11-12H2,1-3H3,(H,23,24)(H,25,26)/b22-13-. The van der Waals surface area contributed by atoms with Crippen molar-refractivity contribution in [1.29, 1.82) is 0 Å². The number of methoxy groups -OCH3 is 2. The molecule has 2 aromatic rings. The number of hydrazone groups is 1. The van der Waals surface area contributed by atoms with E-state index in [0.717, 1.165) is 11.4 Å². The highest BCUT2D eigenvalue weighted by atomic mass is 16.5. The van der Waals surface area contributed by atoms with E-state index in [0.29, 0.717) is 22.6 Å².